The molecule has 1 amide bonds. The third kappa shape index (κ3) is 6.83. The number of carbonyl (C=O) groups excluding carboxylic acids is 1. The average Bonchev–Trinajstić information content (AvgIpc) is 2.28. The SMILES string of the molecule is CCC.CNCCC(=O)N1CCC(C)CC1. The van der Waals surface area contributed by atoms with Crippen LogP contribution in [0.2, 0.25) is 0 Å². The molecule has 3 nitrogen and oxygen atoms in total. The van der Waals surface area contributed by atoms with Crippen molar-refractivity contribution in [2.45, 2.75) is 46.5 Å². The zero-order chi connectivity index (χ0) is 12.4. The summed E-state index contributed by atoms with van der Waals surface area (Å²) in [6, 6.07) is 0. The van der Waals surface area contributed by atoms with Crippen molar-refractivity contribution in [1.29, 1.82) is 0 Å². The van der Waals surface area contributed by atoms with Crippen LogP contribution in [-0.2, 0) is 4.79 Å². The summed E-state index contributed by atoms with van der Waals surface area (Å²) in [5.74, 6) is 1.11. The first kappa shape index (κ1) is 15.4. The Labute approximate surface area is 101 Å². The van der Waals surface area contributed by atoms with Gasteiger partial charge in [0.05, 0.1) is 0 Å². The summed E-state index contributed by atoms with van der Waals surface area (Å²) >= 11 is 0. The van der Waals surface area contributed by atoms with Gasteiger partial charge in [0.15, 0.2) is 0 Å². The Balaban J connectivity index is 0.000000673. The molecule has 0 aromatic heterocycles. The minimum atomic E-state index is 0.307. The maximum Gasteiger partial charge on any atom is 0.223 e. The monoisotopic (exact) mass is 228 g/mol. The number of carbonyl (C=O) groups is 1. The lowest BCUT2D eigenvalue weighted by molar-refractivity contribution is -0.132. The second-order valence-corrected chi connectivity index (χ2v) is 4.62. The highest BCUT2D eigenvalue weighted by Crippen LogP contribution is 2.16. The second kappa shape index (κ2) is 9.64. The fraction of sp³-hybridized carbons (Fsp3) is 0.923. The number of nitrogens with one attached hydrogen (secondary N) is 1. The zero-order valence-electron chi connectivity index (χ0n) is 11.4. The van der Waals surface area contributed by atoms with Gasteiger partial charge >= 0.3 is 0 Å². The van der Waals surface area contributed by atoms with E-state index in [1.807, 2.05) is 11.9 Å². The van der Waals surface area contributed by atoms with Crippen LogP contribution in [0.3, 0.4) is 0 Å². The Bertz CT molecular complexity index is 175. The molecule has 1 fully saturated rings. The Morgan fingerprint density at radius 2 is 1.81 bits per heavy atom. The lowest BCUT2D eigenvalue weighted by atomic mass is 9.99. The van der Waals surface area contributed by atoms with Gasteiger partial charge in [-0.25, -0.2) is 0 Å². The molecule has 1 saturated heterocycles. The summed E-state index contributed by atoms with van der Waals surface area (Å²) in [6.07, 6.45) is 4.24. The van der Waals surface area contributed by atoms with Gasteiger partial charge in [0.2, 0.25) is 5.91 Å². The predicted molar refractivity (Wildman–Crippen MR) is 69.5 cm³/mol. The molecule has 1 rings (SSSR count). The summed E-state index contributed by atoms with van der Waals surface area (Å²) in [4.78, 5) is 13.5. The van der Waals surface area contributed by atoms with E-state index in [0.717, 1.165) is 25.6 Å². The van der Waals surface area contributed by atoms with Crippen molar-refractivity contribution in [3.05, 3.63) is 0 Å². The average molecular weight is 228 g/mol. The lowest BCUT2D eigenvalue weighted by Gasteiger charge is -2.30. The Morgan fingerprint density at radius 1 is 1.31 bits per heavy atom. The van der Waals surface area contributed by atoms with Crippen molar-refractivity contribution in [3.63, 3.8) is 0 Å². The quantitative estimate of drug-likeness (QED) is 0.803. The smallest absolute Gasteiger partial charge is 0.223 e. The fourth-order valence-corrected chi connectivity index (χ4v) is 1.65. The van der Waals surface area contributed by atoms with Crippen LogP contribution in [0, 0.1) is 5.92 Å². The fourth-order valence-electron chi connectivity index (χ4n) is 1.65. The first-order valence-electron chi connectivity index (χ1n) is 6.58. The predicted octanol–water partition coefficient (Wildman–Crippen LogP) is 2.27. The molecule has 0 aromatic rings. The van der Waals surface area contributed by atoms with E-state index in [4.69, 9.17) is 0 Å². The summed E-state index contributed by atoms with van der Waals surface area (Å²) in [5.41, 5.74) is 0. The van der Waals surface area contributed by atoms with Crippen molar-refractivity contribution in [2.75, 3.05) is 26.7 Å². The highest BCUT2D eigenvalue weighted by molar-refractivity contribution is 5.76. The molecular weight excluding hydrogens is 200 g/mol. The number of hydrogen-bond acceptors (Lipinski definition) is 2. The molecule has 0 atom stereocenters. The normalized spacial score (nSPS) is 16.6. The molecule has 1 heterocycles. The number of amides is 1. The molecule has 0 radical (unpaired) electrons. The third-order valence-corrected chi connectivity index (χ3v) is 2.73. The molecule has 1 aliphatic rings. The number of nitrogens with zero attached hydrogens (tertiary/aromatic N) is 1. The van der Waals surface area contributed by atoms with E-state index in [1.54, 1.807) is 0 Å². The number of rotatable bonds is 3. The lowest BCUT2D eigenvalue weighted by Crippen LogP contribution is -2.38. The van der Waals surface area contributed by atoms with Crippen LogP contribution < -0.4 is 5.32 Å². The number of hydrogen-bond donors (Lipinski definition) is 1. The molecule has 0 unspecified atom stereocenters. The molecule has 96 valence electrons. The number of piperidine rings is 1. The van der Waals surface area contributed by atoms with E-state index in [-0.39, 0.29) is 0 Å². The molecule has 1 aliphatic heterocycles. The van der Waals surface area contributed by atoms with E-state index >= 15 is 0 Å². The second-order valence-electron chi connectivity index (χ2n) is 4.62. The van der Waals surface area contributed by atoms with E-state index in [1.165, 1.54) is 19.3 Å². The van der Waals surface area contributed by atoms with Gasteiger partial charge < -0.3 is 10.2 Å². The first-order valence-corrected chi connectivity index (χ1v) is 6.58. The first-order chi connectivity index (χ1) is 7.65. The molecule has 0 aliphatic carbocycles. The third-order valence-electron chi connectivity index (χ3n) is 2.73. The van der Waals surface area contributed by atoms with Crippen LogP contribution in [0.25, 0.3) is 0 Å². The highest BCUT2D eigenvalue weighted by Gasteiger charge is 2.19. The molecule has 16 heavy (non-hydrogen) atoms. The summed E-state index contributed by atoms with van der Waals surface area (Å²) in [6.45, 7) is 9.23. The molecule has 0 bridgehead atoms. The minimum Gasteiger partial charge on any atom is -0.343 e. The van der Waals surface area contributed by atoms with Crippen LogP contribution in [0.15, 0.2) is 0 Å². The van der Waals surface area contributed by atoms with Gasteiger partial charge in [-0.15, -0.1) is 0 Å². The van der Waals surface area contributed by atoms with Gasteiger partial charge in [-0.1, -0.05) is 27.2 Å². The van der Waals surface area contributed by atoms with Crippen molar-refractivity contribution in [3.8, 4) is 0 Å². The summed E-state index contributed by atoms with van der Waals surface area (Å²) in [7, 11) is 1.88. The Hall–Kier alpha value is -0.570. The van der Waals surface area contributed by atoms with Gasteiger partial charge in [0.1, 0.15) is 0 Å². The van der Waals surface area contributed by atoms with E-state index < -0.39 is 0 Å². The van der Waals surface area contributed by atoms with Crippen LogP contribution in [0.5, 0.6) is 0 Å². The Kier molecular flexibility index (Phi) is 9.30. The minimum absolute atomic E-state index is 0.307. The molecule has 0 aromatic carbocycles. The highest BCUT2D eigenvalue weighted by atomic mass is 16.2. The van der Waals surface area contributed by atoms with E-state index in [0.29, 0.717) is 12.3 Å². The van der Waals surface area contributed by atoms with Crippen molar-refractivity contribution in [1.82, 2.24) is 10.2 Å². The molecule has 1 N–H and O–H groups in total. The largest absolute Gasteiger partial charge is 0.343 e. The summed E-state index contributed by atoms with van der Waals surface area (Å²) < 4.78 is 0. The van der Waals surface area contributed by atoms with E-state index in [9.17, 15) is 4.79 Å². The summed E-state index contributed by atoms with van der Waals surface area (Å²) in [5, 5.41) is 3.00. The van der Waals surface area contributed by atoms with Gasteiger partial charge in [0, 0.05) is 26.1 Å². The van der Waals surface area contributed by atoms with Crippen LogP contribution in [0.1, 0.15) is 46.5 Å². The van der Waals surface area contributed by atoms with Crippen molar-refractivity contribution < 1.29 is 4.79 Å². The zero-order valence-corrected chi connectivity index (χ0v) is 11.4. The van der Waals surface area contributed by atoms with Crippen molar-refractivity contribution in [2.24, 2.45) is 5.92 Å². The Morgan fingerprint density at radius 3 is 2.25 bits per heavy atom. The van der Waals surface area contributed by atoms with Gasteiger partial charge in [0.25, 0.3) is 0 Å². The van der Waals surface area contributed by atoms with E-state index in [2.05, 4.69) is 26.1 Å². The maximum atomic E-state index is 11.5. The maximum absolute atomic E-state index is 11.5. The topological polar surface area (TPSA) is 32.3 Å². The molecule has 0 saturated carbocycles. The van der Waals surface area contributed by atoms with Crippen LogP contribution in [-0.4, -0.2) is 37.5 Å². The molecule has 3 heteroatoms. The molecular formula is C13H28N2O. The van der Waals surface area contributed by atoms with Gasteiger partial charge in [-0.05, 0) is 25.8 Å². The van der Waals surface area contributed by atoms with Crippen LogP contribution in [0.4, 0.5) is 0 Å². The van der Waals surface area contributed by atoms with Gasteiger partial charge in [-0.3, -0.25) is 4.79 Å². The number of likely N-dealkylation sites (tertiary alicyclic amines) is 1. The van der Waals surface area contributed by atoms with Gasteiger partial charge in [-0.2, -0.15) is 0 Å². The standard InChI is InChI=1S/C10H20N2O.C3H8/c1-9-4-7-12(8-5-9)10(13)3-6-11-2;1-3-2/h9,11H,3-8H2,1-2H3;3H2,1-2H3. The van der Waals surface area contributed by atoms with Crippen molar-refractivity contribution >= 4 is 5.91 Å². The van der Waals surface area contributed by atoms with Crippen LogP contribution >= 0.6 is 0 Å². The molecule has 0 spiro atoms.